The second kappa shape index (κ2) is 6.01. The van der Waals surface area contributed by atoms with Crippen molar-refractivity contribution >= 4 is 0 Å². The van der Waals surface area contributed by atoms with Crippen LogP contribution in [0.3, 0.4) is 0 Å². The molecule has 3 nitrogen and oxygen atoms in total. The fraction of sp³-hybridized carbons (Fsp3) is 0.312. The van der Waals surface area contributed by atoms with Crippen molar-refractivity contribution in [3.8, 4) is 5.88 Å². The zero-order valence-electron chi connectivity index (χ0n) is 11.1. The van der Waals surface area contributed by atoms with Crippen LogP contribution in [0.5, 0.6) is 5.88 Å². The van der Waals surface area contributed by atoms with Crippen LogP contribution in [-0.2, 0) is 0 Å². The fourth-order valence-corrected chi connectivity index (χ4v) is 2.60. The minimum absolute atomic E-state index is 0.0968. The first-order valence-corrected chi connectivity index (χ1v) is 6.88. The lowest BCUT2D eigenvalue weighted by atomic mass is 9.95. The van der Waals surface area contributed by atoms with Gasteiger partial charge in [-0.2, -0.15) is 9.37 Å². The lowest BCUT2D eigenvalue weighted by Crippen LogP contribution is -2.21. The number of hydrogen-bond donors (Lipinski definition) is 1. The van der Waals surface area contributed by atoms with Gasteiger partial charge in [-0.3, -0.25) is 0 Å². The molecule has 1 aliphatic heterocycles. The van der Waals surface area contributed by atoms with Crippen LogP contribution in [0.4, 0.5) is 4.39 Å². The molecular weight excluding hydrogens is 255 g/mol. The van der Waals surface area contributed by atoms with E-state index in [0.717, 1.165) is 25.1 Å². The summed E-state index contributed by atoms with van der Waals surface area (Å²) in [5, 5.41) is 3.35. The summed E-state index contributed by atoms with van der Waals surface area (Å²) in [4.78, 5) is 3.80. The number of aromatic nitrogens is 1. The molecule has 1 fully saturated rings. The van der Waals surface area contributed by atoms with E-state index in [4.69, 9.17) is 4.74 Å². The number of rotatable bonds is 4. The van der Waals surface area contributed by atoms with Gasteiger partial charge in [0.1, 0.15) is 6.10 Å². The lowest BCUT2D eigenvalue weighted by molar-refractivity contribution is 0.136. The van der Waals surface area contributed by atoms with Crippen molar-refractivity contribution in [1.82, 2.24) is 10.3 Å². The molecule has 1 aliphatic rings. The molecule has 1 aromatic carbocycles. The summed E-state index contributed by atoms with van der Waals surface area (Å²) in [6.45, 7) is 1.91. The van der Waals surface area contributed by atoms with E-state index in [2.05, 4.69) is 10.3 Å². The number of pyridine rings is 1. The van der Waals surface area contributed by atoms with Gasteiger partial charge in [-0.15, -0.1) is 0 Å². The first kappa shape index (κ1) is 13.1. The number of benzene rings is 1. The van der Waals surface area contributed by atoms with Crippen molar-refractivity contribution < 1.29 is 9.13 Å². The second-order valence-electron chi connectivity index (χ2n) is 5.00. The summed E-state index contributed by atoms with van der Waals surface area (Å²) in [5.41, 5.74) is 1.10. The van der Waals surface area contributed by atoms with Gasteiger partial charge in [0.05, 0.1) is 0 Å². The Kier molecular flexibility index (Phi) is 3.92. The van der Waals surface area contributed by atoms with E-state index >= 15 is 0 Å². The van der Waals surface area contributed by atoms with Crippen LogP contribution >= 0.6 is 0 Å². The molecule has 1 saturated heterocycles. The Hall–Kier alpha value is -1.94. The van der Waals surface area contributed by atoms with Crippen LogP contribution in [0.1, 0.15) is 18.1 Å². The molecule has 0 saturated carbocycles. The minimum atomic E-state index is -0.515. The maximum atomic E-state index is 13.2. The molecule has 2 heterocycles. The van der Waals surface area contributed by atoms with Crippen LogP contribution in [0.25, 0.3) is 0 Å². The highest BCUT2D eigenvalue weighted by Crippen LogP contribution is 2.31. The summed E-state index contributed by atoms with van der Waals surface area (Å²) >= 11 is 0. The van der Waals surface area contributed by atoms with Gasteiger partial charge in [0, 0.05) is 18.5 Å². The topological polar surface area (TPSA) is 34.1 Å². The normalized spacial score (nSPS) is 19.8. The fourth-order valence-electron chi connectivity index (χ4n) is 2.60. The van der Waals surface area contributed by atoms with E-state index in [1.54, 1.807) is 12.1 Å². The van der Waals surface area contributed by atoms with Crippen molar-refractivity contribution in [2.24, 2.45) is 5.92 Å². The van der Waals surface area contributed by atoms with Gasteiger partial charge in [-0.05, 0) is 24.6 Å². The lowest BCUT2D eigenvalue weighted by Gasteiger charge is -2.24. The molecule has 4 heteroatoms. The molecule has 104 valence electrons. The number of ether oxygens (including phenoxy) is 1. The Bertz CT molecular complexity index is 555. The van der Waals surface area contributed by atoms with Gasteiger partial charge in [-0.25, -0.2) is 0 Å². The molecule has 1 unspecified atom stereocenters. The van der Waals surface area contributed by atoms with Gasteiger partial charge in [0.15, 0.2) is 0 Å². The Labute approximate surface area is 117 Å². The van der Waals surface area contributed by atoms with Crippen LogP contribution in [0.15, 0.2) is 48.5 Å². The molecule has 3 rings (SSSR count). The minimum Gasteiger partial charge on any atom is -0.469 e. The summed E-state index contributed by atoms with van der Waals surface area (Å²) in [5.74, 6) is 0.201. The second-order valence-corrected chi connectivity index (χ2v) is 5.00. The zero-order valence-corrected chi connectivity index (χ0v) is 11.1. The smallest absolute Gasteiger partial charge is 0.216 e. The van der Waals surface area contributed by atoms with Gasteiger partial charge in [0.25, 0.3) is 0 Å². The van der Waals surface area contributed by atoms with Gasteiger partial charge >= 0.3 is 0 Å². The highest BCUT2D eigenvalue weighted by molar-refractivity contribution is 5.21. The van der Waals surface area contributed by atoms with E-state index in [1.807, 2.05) is 30.3 Å². The van der Waals surface area contributed by atoms with Crippen molar-refractivity contribution in [2.75, 3.05) is 13.1 Å². The molecule has 0 spiro atoms. The molecule has 0 aliphatic carbocycles. The van der Waals surface area contributed by atoms with Crippen LogP contribution < -0.4 is 10.1 Å². The van der Waals surface area contributed by atoms with Gasteiger partial charge in [0.2, 0.25) is 11.8 Å². The number of nitrogens with zero attached hydrogens (tertiary/aromatic N) is 1. The molecule has 1 aromatic heterocycles. The van der Waals surface area contributed by atoms with Gasteiger partial charge in [-0.1, -0.05) is 36.4 Å². The Morgan fingerprint density at radius 2 is 2.00 bits per heavy atom. The molecular formula is C16H17FN2O. The summed E-state index contributed by atoms with van der Waals surface area (Å²) < 4.78 is 19.2. The monoisotopic (exact) mass is 272 g/mol. The van der Waals surface area contributed by atoms with Crippen LogP contribution in [0, 0.1) is 11.9 Å². The van der Waals surface area contributed by atoms with Crippen molar-refractivity contribution in [3.05, 3.63) is 60.0 Å². The molecule has 0 radical (unpaired) electrons. The largest absolute Gasteiger partial charge is 0.469 e. The highest BCUT2D eigenvalue weighted by atomic mass is 19.1. The maximum Gasteiger partial charge on any atom is 0.216 e. The van der Waals surface area contributed by atoms with Crippen molar-refractivity contribution in [3.63, 3.8) is 0 Å². The third kappa shape index (κ3) is 2.96. The average Bonchev–Trinajstić information content (AvgIpc) is 3.00. The molecule has 0 amide bonds. The van der Waals surface area contributed by atoms with E-state index in [-0.39, 0.29) is 6.10 Å². The summed E-state index contributed by atoms with van der Waals surface area (Å²) in [6, 6.07) is 14.7. The molecule has 2 atom stereocenters. The van der Waals surface area contributed by atoms with E-state index < -0.39 is 5.95 Å². The molecule has 1 N–H and O–H groups in total. The Morgan fingerprint density at radius 3 is 2.70 bits per heavy atom. The van der Waals surface area contributed by atoms with E-state index in [1.165, 1.54) is 6.07 Å². The van der Waals surface area contributed by atoms with Gasteiger partial charge < -0.3 is 10.1 Å². The maximum absolute atomic E-state index is 13.2. The predicted molar refractivity (Wildman–Crippen MR) is 75.0 cm³/mol. The highest BCUT2D eigenvalue weighted by Gasteiger charge is 2.28. The quantitative estimate of drug-likeness (QED) is 0.869. The van der Waals surface area contributed by atoms with Crippen LogP contribution in [0.2, 0.25) is 0 Å². The standard InChI is InChI=1S/C16H17FN2O/c17-14-7-4-8-15(19-14)20-16(13-9-10-18-11-13)12-5-2-1-3-6-12/h1-8,13,16,18H,9-11H2/t13-,16?/m0/s1. The molecule has 0 bridgehead atoms. The number of halogens is 1. The zero-order chi connectivity index (χ0) is 13.8. The predicted octanol–water partition coefficient (Wildman–Crippen LogP) is 2.95. The van der Waals surface area contributed by atoms with Crippen molar-refractivity contribution in [2.45, 2.75) is 12.5 Å². The third-order valence-electron chi connectivity index (χ3n) is 3.59. The summed E-state index contributed by atoms with van der Waals surface area (Å²) in [7, 11) is 0. The van der Waals surface area contributed by atoms with Crippen LogP contribution in [-0.4, -0.2) is 18.1 Å². The number of nitrogens with one attached hydrogen (secondary N) is 1. The van der Waals surface area contributed by atoms with Crippen molar-refractivity contribution in [1.29, 1.82) is 0 Å². The molecule has 20 heavy (non-hydrogen) atoms. The number of hydrogen-bond acceptors (Lipinski definition) is 3. The van der Waals surface area contributed by atoms with E-state index in [9.17, 15) is 4.39 Å². The Morgan fingerprint density at radius 1 is 1.15 bits per heavy atom. The third-order valence-corrected chi connectivity index (χ3v) is 3.59. The molecule has 2 aromatic rings. The Balaban J connectivity index is 1.85. The first-order valence-electron chi connectivity index (χ1n) is 6.88. The SMILES string of the molecule is Fc1cccc(OC(c2ccccc2)[C@H]2CCNC2)n1. The van der Waals surface area contributed by atoms with E-state index in [0.29, 0.717) is 11.8 Å². The first-order chi connectivity index (χ1) is 9.83. The summed E-state index contributed by atoms with van der Waals surface area (Å²) in [6.07, 6.45) is 0.954. The average molecular weight is 272 g/mol.